The lowest BCUT2D eigenvalue weighted by atomic mass is 9.91. The largest absolute Gasteiger partial charge is 0.456 e. The van der Waals surface area contributed by atoms with Crippen LogP contribution in [0.5, 0.6) is 0 Å². The minimum Gasteiger partial charge on any atom is -0.456 e. The third-order valence-corrected chi connectivity index (χ3v) is 10.5. The highest BCUT2D eigenvalue weighted by molar-refractivity contribution is 6.22. The molecule has 2 heterocycles. The maximum atomic E-state index is 6.63. The van der Waals surface area contributed by atoms with Crippen molar-refractivity contribution in [2.45, 2.75) is 6.17 Å². The Morgan fingerprint density at radius 3 is 1.94 bits per heavy atom. The first-order valence-corrected chi connectivity index (χ1v) is 17.4. The highest BCUT2D eigenvalue weighted by Crippen LogP contribution is 2.50. The number of aliphatic imine (C=N–C) groups is 2. The van der Waals surface area contributed by atoms with Crippen LogP contribution in [-0.4, -0.2) is 11.7 Å². The van der Waals surface area contributed by atoms with Gasteiger partial charge in [0.25, 0.3) is 0 Å². The van der Waals surface area contributed by atoms with Crippen LogP contribution < -0.4 is 5.32 Å². The second-order valence-electron chi connectivity index (χ2n) is 13.3. The maximum Gasteiger partial charge on any atom is 0.159 e. The lowest BCUT2D eigenvalue weighted by Crippen LogP contribution is -2.33. The average molecular weight is 652 g/mol. The van der Waals surface area contributed by atoms with Crippen LogP contribution in [-0.2, 0) is 0 Å². The third-order valence-electron chi connectivity index (χ3n) is 10.5. The smallest absolute Gasteiger partial charge is 0.159 e. The Hall–Kier alpha value is -6.78. The molecule has 4 heteroatoms. The van der Waals surface area contributed by atoms with E-state index in [1.807, 2.05) is 18.2 Å². The van der Waals surface area contributed by atoms with Crippen LogP contribution in [0, 0.1) is 0 Å². The molecule has 238 valence electrons. The fraction of sp³-hybridized carbons (Fsp3) is 0.0213. The standard InChI is InChI=1S/C47H29N3O/c1-2-12-29(13-3-1)45-48-46(31-24-23-28-11-4-5-14-30(28)27-31)50-47(49-45)39-20-10-22-41-44(39)43-37(19-9-21-40(43)51-41)34-25-26-38-33-16-7-6-15-32(33)35-17-8-18-36(34)42(35)38/h1-27,47H,(H,48,49,50). The van der Waals surface area contributed by atoms with Crippen LogP contribution in [0.25, 0.3) is 76.9 Å². The number of fused-ring (bicyclic) bond motifs is 7. The first kappa shape index (κ1) is 28.1. The van der Waals surface area contributed by atoms with Crippen molar-refractivity contribution in [1.82, 2.24) is 5.32 Å². The zero-order chi connectivity index (χ0) is 33.5. The van der Waals surface area contributed by atoms with Gasteiger partial charge < -0.3 is 9.73 Å². The van der Waals surface area contributed by atoms with Gasteiger partial charge in [-0.05, 0) is 73.1 Å². The predicted octanol–water partition coefficient (Wildman–Crippen LogP) is 11.7. The quantitative estimate of drug-likeness (QED) is 0.206. The second-order valence-corrected chi connectivity index (χ2v) is 13.3. The molecule has 0 saturated heterocycles. The number of rotatable bonds is 4. The monoisotopic (exact) mass is 651 g/mol. The summed E-state index contributed by atoms with van der Waals surface area (Å²) in [6.45, 7) is 0. The van der Waals surface area contributed by atoms with Gasteiger partial charge in [0.1, 0.15) is 23.2 Å². The number of benzene rings is 8. The maximum absolute atomic E-state index is 6.63. The summed E-state index contributed by atoms with van der Waals surface area (Å²) in [5.41, 5.74) is 12.2. The molecular formula is C47H29N3O. The van der Waals surface area contributed by atoms with Crippen molar-refractivity contribution in [1.29, 1.82) is 0 Å². The summed E-state index contributed by atoms with van der Waals surface area (Å²) in [5.74, 6) is 1.48. The van der Waals surface area contributed by atoms with Gasteiger partial charge in [-0.2, -0.15) is 0 Å². The Bertz CT molecular complexity index is 2920. The first-order chi connectivity index (χ1) is 25.3. The molecular weight excluding hydrogens is 623 g/mol. The highest BCUT2D eigenvalue weighted by atomic mass is 16.3. The molecule has 0 amide bonds. The van der Waals surface area contributed by atoms with Crippen LogP contribution in [0.2, 0.25) is 0 Å². The minimum absolute atomic E-state index is 0.404. The molecule has 8 aromatic carbocycles. The summed E-state index contributed by atoms with van der Waals surface area (Å²) in [4.78, 5) is 10.4. The van der Waals surface area contributed by atoms with Crippen molar-refractivity contribution in [3.63, 3.8) is 0 Å². The Balaban J connectivity index is 1.12. The summed E-state index contributed by atoms with van der Waals surface area (Å²) >= 11 is 0. The highest BCUT2D eigenvalue weighted by Gasteiger charge is 2.27. The molecule has 51 heavy (non-hydrogen) atoms. The first-order valence-electron chi connectivity index (χ1n) is 17.4. The summed E-state index contributed by atoms with van der Waals surface area (Å²) in [6, 6.07) is 57.9. The van der Waals surface area contributed by atoms with Gasteiger partial charge in [-0.1, -0.05) is 146 Å². The van der Waals surface area contributed by atoms with E-state index in [2.05, 4.69) is 151 Å². The molecule has 2 aliphatic rings. The van der Waals surface area contributed by atoms with Gasteiger partial charge in [0.15, 0.2) is 5.84 Å². The van der Waals surface area contributed by atoms with Crippen molar-refractivity contribution >= 4 is 55.2 Å². The van der Waals surface area contributed by atoms with E-state index in [4.69, 9.17) is 14.4 Å². The van der Waals surface area contributed by atoms with Gasteiger partial charge in [0, 0.05) is 27.5 Å². The number of amidine groups is 2. The summed E-state index contributed by atoms with van der Waals surface area (Å²) in [6.07, 6.45) is -0.404. The Morgan fingerprint density at radius 2 is 1.10 bits per heavy atom. The predicted molar refractivity (Wildman–Crippen MR) is 210 cm³/mol. The Kier molecular flexibility index (Phi) is 5.98. The number of hydrogen-bond acceptors (Lipinski definition) is 4. The van der Waals surface area contributed by atoms with Gasteiger partial charge >= 0.3 is 0 Å². The van der Waals surface area contributed by atoms with E-state index in [0.717, 1.165) is 50.0 Å². The fourth-order valence-corrected chi connectivity index (χ4v) is 8.20. The van der Waals surface area contributed by atoms with Crippen molar-refractivity contribution in [2.24, 2.45) is 9.98 Å². The molecule has 1 atom stereocenters. The lowest BCUT2D eigenvalue weighted by Gasteiger charge is -2.24. The second kappa shape index (κ2) is 10.9. The minimum atomic E-state index is -0.404. The van der Waals surface area contributed by atoms with Crippen LogP contribution in [0.3, 0.4) is 0 Å². The molecule has 9 aromatic rings. The number of furan rings is 1. The molecule has 11 rings (SSSR count). The molecule has 4 nitrogen and oxygen atoms in total. The molecule has 0 bridgehead atoms. The van der Waals surface area contributed by atoms with Gasteiger partial charge in [-0.3, -0.25) is 0 Å². The lowest BCUT2D eigenvalue weighted by molar-refractivity contribution is 0.662. The Labute approximate surface area is 294 Å². The van der Waals surface area contributed by atoms with E-state index in [1.54, 1.807) is 0 Å². The van der Waals surface area contributed by atoms with E-state index in [9.17, 15) is 0 Å². The van der Waals surface area contributed by atoms with Crippen LogP contribution in [0.1, 0.15) is 22.9 Å². The van der Waals surface area contributed by atoms with E-state index in [0.29, 0.717) is 5.84 Å². The van der Waals surface area contributed by atoms with Gasteiger partial charge in [0.05, 0.1) is 0 Å². The van der Waals surface area contributed by atoms with Gasteiger partial charge in [-0.15, -0.1) is 0 Å². The molecule has 0 saturated carbocycles. The summed E-state index contributed by atoms with van der Waals surface area (Å²) in [7, 11) is 0. The van der Waals surface area contributed by atoms with Crippen molar-refractivity contribution in [2.75, 3.05) is 0 Å². The summed E-state index contributed by atoms with van der Waals surface area (Å²) < 4.78 is 6.63. The Morgan fingerprint density at radius 1 is 0.451 bits per heavy atom. The fourth-order valence-electron chi connectivity index (χ4n) is 8.20. The van der Waals surface area contributed by atoms with Crippen molar-refractivity contribution in [3.05, 3.63) is 180 Å². The van der Waals surface area contributed by atoms with E-state index in [1.165, 1.54) is 49.4 Å². The SMILES string of the molecule is c1ccc(C2=NC(c3cccc4oc5cccc(-c6ccc7c8c(cccc68)-c6ccccc6-7)c5c34)NC(c3ccc4ccccc4c3)=N2)cc1. The van der Waals surface area contributed by atoms with Crippen LogP contribution >= 0.6 is 0 Å². The molecule has 1 aliphatic heterocycles. The van der Waals surface area contributed by atoms with E-state index >= 15 is 0 Å². The van der Waals surface area contributed by atoms with Gasteiger partial charge in [-0.25, -0.2) is 9.98 Å². The molecule has 1 unspecified atom stereocenters. The topological polar surface area (TPSA) is 49.9 Å². The zero-order valence-electron chi connectivity index (χ0n) is 27.5. The summed E-state index contributed by atoms with van der Waals surface area (Å²) in [5, 5.41) is 10.8. The van der Waals surface area contributed by atoms with Crippen molar-refractivity contribution in [3.8, 4) is 33.4 Å². The van der Waals surface area contributed by atoms with E-state index < -0.39 is 6.17 Å². The van der Waals surface area contributed by atoms with Crippen molar-refractivity contribution < 1.29 is 4.42 Å². The van der Waals surface area contributed by atoms with Gasteiger partial charge in [0.2, 0.25) is 0 Å². The van der Waals surface area contributed by atoms with E-state index in [-0.39, 0.29) is 0 Å². The van der Waals surface area contributed by atoms with Crippen LogP contribution in [0.15, 0.2) is 178 Å². The molecule has 0 spiro atoms. The molecule has 0 radical (unpaired) electrons. The number of nitrogens with zero attached hydrogens (tertiary/aromatic N) is 2. The molecule has 1 aliphatic carbocycles. The zero-order valence-corrected chi connectivity index (χ0v) is 27.5. The normalized spacial score (nSPS) is 14.9. The number of nitrogens with one attached hydrogen (secondary N) is 1. The molecule has 1 N–H and O–H groups in total. The average Bonchev–Trinajstić information content (AvgIpc) is 3.75. The van der Waals surface area contributed by atoms with Crippen LogP contribution in [0.4, 0.5) is 0 Å². The third kappa shape index (κ3) is 4.26. The number of hydrogen-bond donors (Lipinski definition) is 1. The molecule has 1 aromatic heterocycles. The molecule has 0 fully saturated rings.